The van der Waals surface area contributed by atoms with Crippen molar-refractivity contribution < 1.29 is 26.4 Å². The van der Waals surface area contributed by atoms with Crippen LogP contribution in [0.3, 0.4) is 0 Å². The van der Waals surface area contributed by atoms with Gasteiger partial charge in [0.25, 0.3) is 14.2 Å². The lowest BCUT2D eigenvalue weighted by Crippen LogP contribution is -2.67. The van der Waals surface area contributed by atoms with Crippen LogP contribution in [0.5, 0.6) is 0 Å². The molecule has 2 aliphatic heterocycles. The minimum absolute atomic E-state index is 0.0378. The summed E-state index contributed by atoms with van der Waals surface area (Å²) in [5.41, 5.74) is 1.93. The zero-order valence-electron chi connectivity index (χ0n) is 31.2. The lowest BCUT2D eigenvalue weighted by atomic mass is 9.85. The van der Waals surface area contributed by atoms with Gasteiger partial charge in [0.1, 0.15) is 17.3 Å². The highest BCUT2D eigenvalue weighted by molar-refractivity contribution is 6.99. The summed E-state index contributed by atoms with van der Waals surface area (Å²) in [6, 6.07) is 21.8. The fraction of sp³-hybridized carbons (Fsp3) is 0.405. The number of hydrogen-bond donors (Lipinski definition) is 1. The average Bonchev–Trinajstić information content (AvgIpc) is 3.60. The van der Waals surface area contributed by atoms with E-state index >= 15 is 17.6 Å². The van der Waals surface area contributed by atoms with Crippen molar-refractivity contribution in [1.82, 2.24) is 19.2 Å². The maximum absolute atomic E-state index is 16.8. The summed E-state index contributed by atoms with van der Waals surface area (Å²) in [5, 5.41) is 4.44. The summed E-state index contributed by atoms with van der Waals surface area (Å²) in [4.78, 5) is 8.12. The molecule has 1 N–H and O–H groups in total. The van der Waals surface area contributed by atoms with E-state index in [1.165, 1.54) is 17.0 Å². The Bertz CT molecular complexity index is 1990. The molecule has 54 heavy (non-hydrogen) atoms. The standard InChI is InChI=1S/C42H48F5N5OSi/c1-29-22-35-34(16-20-51-21-18-48-40(35)51)39(38-36(44)23-30(24-37(38)45)49-31-25-50(26-31)19-11-17-43)52(29)27-42(46,47)28-53-54(41(2,3)4,32-12-7-5-8-13-32)33-14-9-6-10-15-33/h5-10,12-16,18,20-21,23-24,29,31,39,49H,11,17,19,22,25-28H2,1-4H3/t29-,39?/m1/s1. The molecule has 6 nitrogen and oxygen atoms in total. The normalized spacial score (nSPS) is 18.8. The fourth-order valence-electron chi connectivity index (χ4n) is 8.52. The number of nitrogens with zero attached hydrogens (tertiary/aromatic N) is 4. The topological polar surface area (TPSA) is 45.0 Å². The van der Waals surface area contributed by atoms with E-state index in [9.17, 15) is 4.39 Å². The first kappa shape index (κ1) is 38.2. The van der Waals surface area contributed by atoms with Gasteiger partial charge in [-0.1, -0.05) is 81.4 Å². The van der Waals surface area contributed by atoms with Gasteiger partial charge in [0, 0.05) is 61.1 Å². The van der Waals surface area contributed by atoms with E-state index in [1.807, 2.05) is 92.8 Å². The van der Waals surface area contributed by atoms with Crippen LogP contribution in [0.15, 0.2) is 97.5 Å². The molecule has 0 amide bonds. The fourth-order valence-corrected chi connectivity index (χ4v) is 13.1. The van der Waals surface area contributed by atoms with E-state index in [1.54, 1.807) is 24.7 Å². The largest absolute Gasteiger partial charge is 0.401 e. The summed E-state index contributed by atoms with van der Waals surface area (Å²) < 4.78 is 87.5. The minimum atomic E-state index is -3.40. The van der Waals surface area contributed by atoms with Gasteiger partial charge in [0.15, 0.2) is 0 Å². The number of fused-ring (bicyclic) bond motifs is 3. The van der Waals surface area contributed by atoms with Gasteiger partial charge in [0.05, 0.1) is 31.9 Å². The summed E-state index contributed by atoms with van der Waals surface area (Å²) in [6.45, 7) is 7.77. The number of rotatable bonds is 13. The monoisotopic (exact) mass is 761 g/mol. The third-order valence-corrected chi connectivity index (χ3v) is 16.0. The third-order valence-electron chi connectivity index (χ3n) is 11.0. The highest BCUT2D eigenvalue weighted by Crippen LogP contribution is 2.44. The van der Waals surface area contributed by atoms with Crippen molar-refractivity contribution in [3.63, 3.8) is 0 Å². The predicted molar refractivity (Wildman–Crippen MR) is 206 cm³/mol. The molecule has 3 aromatic carbocycles. The molecule has 0 saturated carbocycles. The molecular weight excluding hydrogens is 714 g/mol. The second-order valence-corrected chi connectivity index (χ2v) is 20.1. The Labute approximate surface area is 315 Å². The minimum Gasteiger partial charge on any atom is -0.401 e. The first-order valence-corrected chi connectivity index (χ1v) is 20.6. The molecule has 2 aromatic heterocycles. The smallest absolute Gasteiger partial charge is 0.282 e. The molecule has 7 rings (SSSR count). The van der Waals surface area contributed by atoms with E-state index in [-0.39, 0.29) is 17.3 Å². The van der Waals surface area contributed by atoms with Gasteiger partial charge in [-0.25, -0.2) is 22.5 Å². The number of pyridine rings is 1. The number of likely N-dealkylation sites (tertiary alicyclic amines) is 1. The van der Waals surface area contributed by atoms with Crippen LogP contribution in [-0.2, 0) is 10.8 Å². The van der Waals surface area contributed by atoms with Crippen LogP contribution in [-0.4, -0.2) is 85.0 Å². The summed E-state index contributed by atoms with van der Waals surface area (Å²) in [6.07, 6.45) is 6.00. The van der Waals surface area contributed by atoms with Gasteiger partial charge in [-0.2, -0.15) is 0 Å². The Hall–Kier alpha value is -4.10. The number of halogens is 5. The van der Waals surface area contributed by atoms with Crippen molar-refractivity contribution in [2.24, 2.45) is 0 Å². The summed E-state index contributed by atoms with van der Waals surface area (Å²) in [5.74, 6) is -5.05. The maximum Gasteiger partial charge on any atom is 0.282 e. The van der Waals surface area contributed by atoms with Gasteiger partial charge < -0.3 is 14.1 Å². The lowest BCUT2D eigenvalue weighted by molar-refractivity contribution is -0.0823. The number of aromatic nitrogens is 2. The van der Waals surface area contributed by atoms with E-state index < -0.39 is 62.8 Å². The molecule has 5 aromatic rings. The molecule has 0 bridgehead atoms. The highest BCUT2D eigenvalue weighted by atomic mass is 28.4. The van der Waals surface area contributed by atoms with Gasteiger partial charge in [-0.05, 0) is 58.9 Å². The molecule has 0 aliphatic carbocycles. The number of imidazole rings is 1. The van der Waals surface area contributed by atoms with E-state index in [0.29, 0.717) is 43.7 Å². The lowest BCUT2D eigenvalue weighted by Gasteiger charge is -2.46. The number of alkyl halides is 3. The van der Waals surface area contributed by atoms with Crippen LogP contribution in [0, 0.1) is 11.6 Å². The highest BCUT2D eigenvalue weighted by Gasteiger charge is 2.52. The first-order chi connectivity index (χ1) is 25.8. The van der Waals surface area contributed by atoms with Crippen LogP contribution in [0.2, 0.25) is 5.04 Å². The van der Waals surface area contributed by atoms with Crippen molar-refractivity contribution in [3.8, 4) is 0 Å². The number of hydrogen-bond acceptors (Lipinski definition) is 5. The number of anilines is 1. The van der Waals surface area contributed by atoms with Gasteiger partial charge in [0.2, 0.25) is 0 Å². The molecule has 1 fully saturated rings. The van der Waals surface area contributed by atoms with Crippen molar-refractivity contribution in [1.29, 1.82) is 0 Å². The van der Waals surface area contributed by atoms with Gasteiger partial charge in [-0.3, -0.25) is 14.2 Å². The zero-order valence-corrected chi connectivity index (χ0v) is 32.2. The molecule has 1 saturated heterocycles. The van der Waals surface area contributed by atoms with Crippen molar-refractivity contribution in [2.45, 2.75) is 69.6 Å². The Balaban J connectivity index is 1.22. The molecule has 0 radical (unpaired) electrons. The first-order valence-electron chi connectivity index (χ1n) is 18.7. The summed E-state index contributed by atoms with van der Waals surface area (Å²) in [7, 11) is -3.31. The van der Waals surface area contributed by atoms with Crippen LogP contribution in [0.4, 0.5) is 27.6 Å². The molecule has 2 aliphatic rings. The average molecular weight is 762 g/mol. The van der Waals surface area contributed by atoms with Crippen LogP contribution in [0.25, 0.3) is 5.65 Å². The van der Waals surface area contributed by atoms with Crippen LogP contribution < -0.4 is 15.7 Å². The summed E-state index contributed by atoms with van der Waals surface area (Å²) >= 11 is 0. The SMILES string of the molecule is C[C@@H]1Cc2c(ccn3ccnc23)C(c2c(F)cc(NC3CN(CCCF)C3)cc2F)N1CC(F)(F)CO[Si](c1ccccc1)(c1ccccc1)C(C)(C)C. The maximum atomic E-state index is 16.8. The Morgan fingerprint density at radius 2 is 1.54 bits per heavy atom. The Morgan fingerprint density at radius 3 is 2.13 bits per heavy atom. The molecule has 12 heteroatoms. The third kappa shape index (κ3) is 7.33. The van der Waals surface area contributed by atoms with Crippen LogP contribution in [0.1, 0.15) is 56.8 Å². The molecule has 4 heterocycles. The Kier molecular flexibility index (Phi) is 10.7. The predicted octanol–water partition coefficient (Wildman–Crippen LogP) is 7.62. The van der Waals surface area contributed by atoms with Crippen LogP contribution >= 0.6 is 0 Å². The van der Waals surface area contributed by atoms with Crippen molar-refractivity contribution in [2.75, 3.05) is 44.8 Å². The van der Waals surface area contributed by atoms with Gasteiger partial charge in [-0.15, -0.1) is 0 Å². The zero-order chi connectivity index (χ0) is 38.3. The molecule has 0 spiro atoms. The molecule has 286 valence electrons. The van der Waals surface area contributed by atoms with E-state index in [2.05, 4.69) is 15.2 Å². The van der Waals surface area contributed by atoms with E-state index in [0.717, 1.165) is 15.9 Å². The number of benzene rings is 3. The quantitative estimate of drug-likeness (QED) is 0.0990. The van der Waals surface area contributed by atoms with Crippen molar-refractivity contribution >= 4 is 30.0 Å². The Morgan fingerprint density at radius 1 is 0.907 bits per heavy atom. The number of nitrogens with one attached hydrogen (secondary N) is 1. The molecular formula is C42H48F5N5OSi. The molecule has 1 unspecified atom stereocenters. The van der Waals surface area contributed by atoms with E-state index in [4.69, 9.17) is 4.43 Å². The molecule has 2 atom stereocenters. The second-order valence-electron chi connectivity index (χ2n) is 15.8. The van der Waals surface area contributed by atoms with Gasteiger partial charge >= 0.3 is 0 Å². The second kappa shape index (κ2) is 15.2. The van der Waals surface area contributed by atoms with Crippen molar-refractivity contribution in [3.05, 3.63) is 126 Å².